The average molecular weight is 388 g/mol. The van der Waals surface area contributed by atoms with Gasteiger partial charge in [-0.3, -0.25) is 4.68 Å². The molecular weight excluding hydrogens is 370 g/mol. The summed E-state index contributed by atoms with van der Waals surface area (Å²) in [5.41, 5.74) is 4.48. The number of rotatable bonds is 5. The summed E-state index contributed by atoms with van der Waals surface area (Å²) in [5.74, 6) is 0. The van der Waals surface area contributed by atoms with Crippen molar-refractivity contribution in [2.45, 2.75) is 18.4 Å². The highest BCUT2D eigenvalue weighted by atomic mass is 35.5. The van der Waals surface area contributed by atoms with Crippen LogP contribution in [-0.2, 0) is 16.6 Å². The summed E-state index contributed by atoms with van der Waals surface area (Å²) in [6.07, 6.45) is 1.78. The Morgan fingerprint density at radius 1 is 1.12 bits per heavy atom. The van der Waals surface area contributed by atoms with Crippen LogP contribution >= 0.6 is 11.6 Å². The van der Waals surface area contributed by atoms with Gasteiger partial charge >= 0.3 is 0 Å². The fourth-order valence-electron chi connectivity index (χ4n) is 2.81. The van der Waals surface area contributed by atoms with Gasteiger partial charge in [0, 0.05) is 21.8 Å². The Hall–Kier alpha value is -2.41. The van der Waals surface area contributed by atoms with E-state index in [4.69, 9.17) is 21.8 Å². The van der Waals surface area contributed by atoms with E-state index in [9.17, 15) is 8.42 Å². The summed E-state index contributed by atoms with van der Waals surface area (Å²) in [6, 6.07) is 13.9. The largest absolute Gasteiger partial charge is 0.265 e. The van der Waals surface area contributed by atoms with Crippen LogP contribution in [0.2, 0.25) is 5.02 Å². The van der Waals surface area contributed by atoms with Crippen molar-refractivity contribution in [3.8, 4) is 22.4 Å². The molecule has 26 heavy (non-hydrogen) atoms. The highest BCUT2D eigenvalue weighted by Crippen LogP contribution is 2.35. The molecule has 0 unspecified atom stereocenters. The fraction of sp³-hybridized carbons (Fsp3) is 0.105. The third kappa shape index (κ3) is 3.58. The normalized spacial score (nSPS) is 11.5. The van der Waals surface area contributed by atoms with Gasteiger partial charge in [-0.05, 0) is 36.8 Å². The molecule has 7 heteroatoms. The summed E-state index contributed by atoms with van der Waals surface area (Å²) in [6.45, 7) is 6.33. The van der Waals surface area contributed by atoms with Crippen LogP contribution in [0.1, 0.15) is 5.69 Å². The molecule has 0 spiro atoms. The molecule has 0 saturated carbocycles. The van der Waals surface area contributed by atoms with E-state index in [0.717, 1.165) is 28.1 Å². The second-order valence-electron chi connectivity index (χ2n) is 5.86. The van der Waals surface area contributed by atoms with Gasteiger partial charge in [0.15, 0.2) is 0 Å². The predicted molar refractivity (Wildman–Crippen MR) is 104 cm³/mol. The van der Waals surface area contributed by atoms with Crippen LogP contribution < -0.4 is 5.14 Å². The van der Waals surface area contributed by atoms with Gasteiger partial charge in [-0.2, -0.15) is 5.10 Å². The van der Waals surface area contributed by atoms with Crippen molar-refractivity contribution >= 4 is 21.6 Å². The summed E-state index contributed by atoms with van der Waals surface area (Å²) in [7, 11) is -3.73. The van der Waals surface area contributed by atoms with Gasteiger partial charge in [0.25, 0.3) is 0 Å². The molecule has 0 amide bonds. The number of sulfonamides is 1. The number of nitrogens with zero attached hydrogens (tertiary/aromatic N) is 2. The SMILES string of the molecule is C=CCn1nc(-c2ccc(S(N)(=O)=O)cc2)c(-c2ccc(Cl)cc2)c1C. The lowest BCUT2D eigenvalue weighted by molar-refractivity contribution is 0.598. The minimum Gasteiger partial charge on any atom is -0.265 e. The molecule has 0 fully saturated rings. The lowest BCUT2D eigenvalue weighted by Gasteiger charge is -2.06. The van der Waals surface area contributed by atoms with E-state index in [0.29, 0.717) is 11.6 Å². The van der Waals surface area contributed by atoms with Crippen LogP contribution in [0.3, 0.4) is 0 Å². The van der Waals surface area contributed by atoms with Gasteiger partial charge in [-0.1, -0.05) is 41.9 Å². The summed E-state index contributed by atoms with van der Waals surface area (Å²) in [4.78, 5) is 0.0662. The number of aromatic nitrogens is 2. The predicted octanol–water partition coefficient (Wildman–Crippen LogP) is 4.01. The molecule has 0 bridgehead atoms. The van der Waals surface area contributed by atoms with E-state index in [2.05, 4.69) is 6.58 Å². The monoisotopic (exact) mass is 387 g/mol. The number of halogens is 1. The Bertz CT molecular complexity index is 1050. The first kappa shape index (κ1) is 18.4. The molecule has 5 nitrogen and oxygen atoms in total. The molecule has 134 valence electrons. The molecule has 0 aliphatic carbocycles. The van der Waals surface area contributed by atoms with Crippen LogP contribution in [0, 0.1) is 6.92 Å². The van der Waals surface area contributed by atoms with Crippen LogP contribution in [0.15, 0.2) is 66.1 Å². The lowest BCUT2D eigenvalue weighted by atomic mass is 9.99. The molecule has 1 heterocycles. The second-order valence-corrected chi connectivity index (χ2v) is 7.85. The first-order valence-corrected chi connectivity index (χ1v) is 9.81. The zero-order valence-electron chi connectivity index (χ0n) is 14.2. The van der Waals surface area contributed by atoms with Crippen molar-refractivity contribution in [3.05, 3.63) is 71.9 Å². The van der Waals surface area contributed by atoms with Gasteiger partial charge in [-0.15, -0.1) is 6.58 Å². The molecule has 3 aromatic rings. The van der Waals surface area contributed by atoms with Gasteiger partial charge in [-0.25, -0.2) is 13.6 Å². The first-order valence-electron chi connectivity index (χ1n) is 7.88. The topological polar surface area (TPSA) is 78.0 Å². The minimum atomic E-state index is -3.73. The molecule has 0 aliphatic heterocycles. The zero-order valence-corrected chi connectivity index (χ0v) is 15.8. The van der Waals surface area contributed by atoms with Gasteiger partial charge < -0.3 is 0 Å². The standard InChI is InChI=1S/C19H18ClN3O2S/c1-3-12-23-13(2)18(14-4-8-16(20)9-5-14)19(22-23)15-6-10-17(11-7-15)26(21,24)25/h3-11H,1,12H2,2H3,(H2,21,24,25). The average Bonchev–Trinajstić information content (AvgIpc) is 2.92. The Morgan fingerprint density at radius 2 is 1.69 bits per heavy atom. The Balaban J connectivity index is 2.18. The van der Waals surface area contributed by atoms with E-state index in [1.165, 1.54) is 12.1 Å². The maximum atomic E-state index is 11.5. The fourth-order valence-corrected chi connectivity index (χ4v) is 3.45. The summed E-state index contributed by atoms with van der Waals surface area (Å²) >= 11 is 6.01. The highest BCUT2D eigenvalue weighted by Gasteiger charge is 2.18. The first-order chi connectivity index (χ1) is 12.3. The van der Waals surface area contributed by atoms with Crippen LogP contribution in [-0.4, -0.2) is 18.2 Å². The maximum Gasteiger partial charge on any atom is 0.238 e. The third-order valence-corrected chi connectivity index (χ3v) is 5.28. The summed E-state index contributed by atoms with van der Waals surface area (Å²) < 4.78 is 24.8. The van der Waals surface area contributed by atoms with Gasteiger partial charge in [0.1, 0.15) is 5.69 Å². The van der Waals surface area contributed by atoms with Crippen molar-refractivity contribution in [1.29, 1.82) is 0 Å². The van der Waals surface area contributed by atoms with E-state index < -0.39 is 10.0 Å². The Morgan fingerprint density at radius 3 is 2.23 bits per heavy atom. The van der Waals surface area contributed by atoms with Gasteiger partial charge in [0.2, 0.25) is 10.0 Å². The number of hydrogen-bond acceptors (Lipinski definition) is 3. The molecule has 2 aromatic carbocycles. The third-order valence-electron chi connectivity index (χ3n) is 4.10. The zero-order chi connectivity index (χ0) is 18.9. The molecule has 0 atom stereocenters. The van der Waals surface area contributed by atoms with Crippen molar-refractivity contribution in [1.82, 2.24) is 9.78 Å². The number of primary sulfonamides is 1. The smallest absolute Gasteiger partial charge is 0.238 e. The van der Waals surface area contributed by atoms with Crippen molar-refractivity contribution in [2.24, 2.45) is 5.14 Å². The van der Waals surface area contributed by atoms with Crippen LogP contribution in [0.4, 0.5) is 0 Å². The number of benzene rings is 2. The molecule has 3 rings (SSSR count). The van der Waals surface area contributed by atoms with Gasteiger partial charge in [0.05, 0.1) is 11.4 Å². The highest BCUT2D eigenvalue weighted by molar-refractivity contribution is 7.89. The van der Waals surface area contributed by atoms with Crippen LogP contribution in [0.5, 0.6) is 0 Å². The minimum absolute atomic E-state index is 0.0662. The number of nitrogens with two attached hydrogens (primary N) is 1. The molecule has 0 radical (unpaired) electrons. The van der Waals surface area contributed by atoms with E-state index in [1.807, 2.05) is 35.9 Å². The van der Waals surface area contributed by atoms with Crippen molar-refractivity contribution in [2.75, 3.05) is 0 Å². The number of allylic oxidation sites excluding steroid dienone is 1. The Kier molecular flexibility index (Phi) is 5.00. The quantitative estimate of drug-likeness (QED) is 0.672. The molecule has 0 saturated heterocycles. The molecule has 2 N–H and O–H groups in total. The molecule has 1 aromatic heterocycles. The molecule has 0 aliphatic rings. The second kappa shape index (κ2) is 7.07. The Labute approximate surface area is 157 Å². The van der Waals surface area contributed by atoms with Crippen molar-refractivity contribution in [3.63, 3.8) is 0 Å². The van der Waals surface area contributed by atoms with E-state index >= 15 is 0 Å². The number of hydrogen-bond donors (Lipinski definition) is 1. The van der Waals surface area contributed by atoms with E-state index in [1.54, 1.807) is 18.2 Å². The van der Waals surface area contributed by atoms with Crippen molar-refractivity contribution < 1.29 is 8.42 Å². The van der Waals surface area contributed by atoms with Crippen LogP contribution in [0.25, 0.3) is 22.4 Å². The van der Waals surface area contributed by atoms with E-state index in [-0.39, 0.29) is 4.90 Å². The maximum absolute atomic E-state index is 11.5. The lowest BCUT2D eigenvalue weighted by Crippen LogP contribution is -2.11. The molecular formula is C19H18ClN3O2S. The summed E-state index contributed by atoms with van der Waals surface area (Å²) in [5, 5.41) is 10.5.